The Kier molecular flexibility index (Phi) is 4.17. The number of ether oxygens (including phenoxy) is 1. The van der Waals surface area contributed by atoms with Crippen LogP contribution in [-0.4, -0.2) is 33.1 Å². The first kappa shape index (κ1) is 16.2. The molecular formula is C17H13N3O5. The molecular weight excluding hydrogens is 326 g/mol. The van der Waals surface area contributed by atoms with Crippen molar-refractivity contribution in [2.75, 3.05) is 7.11 Å². The van der Waals surface area contributed by atoms with Crippen LogP contribution in [0.2, 0.25) is 0 Å². The maximum Gasteiger partial charge on any atom is 0.354 e. The first-order valence-corrected chi connectivity index (χ1v) is 7.22. The van der Waals surface area contributed by atoms with Gasteiger partial charge in [0.1, 0.15) is 17.3 Å². The number of benzene rings is 2. The minimum absolute atomic E-state index is 0.0539. The molecule has 0 saturated heterocycles. The summed E-state index contributed by atoms with van der Waals surface area (Å²) in [5, 5.41) is 20.2. The van der Waals surface area contributed by atoms with Crippen molar-refractivity contribution in [2.45, 2.75) is 0 Å². The molecule has 0 atom stereocenters. The largest absolute Gasteiger partial charge is 0.497 e. The molecule has 8 nitrogen and oxygen atoms in total. The third kappa shape index (κ3) is 3.18. The van der Waals surface area contributed by atoms with Crippen LogP contribution in [0.25, 0.3) is 22.6 Å². The standard InChI is InChI=1S/C17H13N3O5/c1-25-13-4-2-3-11(9-13)14-15(17(21)22)19-16(18-14)10-5-7-12(8-6-10)20(23)24/h2-9H,1H3,(H,18,19)(H,21,22). The Morgan fingerprint density at radius 2 is 1.92 bits per heavy atom. The molecule has 2 N–H and O–H groups in total. The summed E-state index contributed by atoms with van der Waals surface area (Å²) >= 11 is 0. The number of nitro benzene ring substituents is 1. The summed E-state index contributed by atoms with van der Waals surface area (Å²) in [5.74, 6) is -0.266. The topological polar surface area (TPSA) is 118 Å². The van der Waals surface area contributed by atoms with Crippen molar-refractivity contribution in [2.24, 2.45) is 0 Å². The number of hydrogen-bond donors (Lipinski definition) is 2. The lowest BCUT2D eigenvalue weighted by atomic mass is 10.1. The molecule has 8 heteroatoms. The third-order valence-corrected chi connectivity index (χ3v) is 3.61. The smallest absolute Gasteiger partial charge is 0.354 e. The Morgan fingerprint density at radius 1 is 1.20 bits per heavy atom. The van der Waals surface area contributed by atoms with E-state index in [4.69, 9.17) is 4.74 Å². The lowest BCUT2D eigenvalue weighted by Gasteiger charge is -2.02. The number of nitrogens with one attached hydrogen (secondary N) is 1. The predicted octanol–water partition coefficient (Wildman–Crippen LogP) is 3.36. The van der Waals surface area contributed by atoms with E-state index in [0.717, 1.165) is 0 Å². The van der Waals surface area contributed by atoms with E-state index in [2.05, 4.69) is 9.97 Å². The molecule has 25 heavy (non-hydrogen) atoms. The van der Waals surface area contributed by atoms with E-state index in [9.17, 15) is 20.0 Å². The summed E-state index contributed by atoms with van der Waals surface area (Å²) in [7, 11) is 1.52. The number of carboxylic acid groups (broad SMARTS) is 1. The Labute approximate surface area is 141 Å². The molecule has 0 aliphatic heterocycles. The minimum atomic E-state index is -1.15. The number of nitrogens with zero attached hydrogens (tertiary/aromatic N) is 2. The van der Waals surface area contributed by atoms with Crippen molar-refractivity contribution in [3.8, 4) is 28.4 Å². The molecule has 0 bridgehead atoms. The molecule has 3 aromatic rings. The van der Waals surface area contributed by atoms with Gasteiger partial charge in [-0.15, -0.1) is 0 Å². The average molecular weight is 339 g/mol. The molecule has 126 valence electrons. The summed E-state index contributed by atoms with van der Waals surface area (Å²) in [5.41, 5.74) is 1.27. The molecule has 0 amide bonds. The molecule has 0 aliphatic carbocycles. The Balaban J connectivity index is 2.08. The zero-order valence-corrected chi connectivity index (χ0v) is 13.1. The number of aromatic nitrogens is 2. The quantitative estimate of drug-likeness (QED) is 0.543. The molecule has 1 heterocycles. The molecule has 0 aliphatic rings. The number of aromatic carboxylic acids is 1. The zero-order valence-electron chi connectivity index (χ0n) is 13.1. The summed E-state index contributed by atoms with van der Waals surface area (Å²) in [6.07, 6.45) is 0. The van der Waals surface area contributed by atoms with Gasteiger partial charge in [0.25, 0.3) is 5.69 Å². The number of rotatable bonds is 5. The van der Waals surface area contributed by atoms with Crippen molar-refractivity contribution in [1.82, 2.24) is 9.97 Å². The number of carbonyl (C=O) groups is 1. The first-order valence-electron chi connectivity index (χ1n) is 7.22. The Morgan fingerprint density at radius 3 is 2.52 bits per heavy atom. The van der Waals surface area contributed by atoms with Crippen LogP contribution in [0.1, 0.15) is 10.5 Å². The van der Waals surface area contributed by atoms with Crippen LogP contribution in [0, 0.1) is 10.1 Å². The second-order valence-electron chi connectivity index (χ2n) is 5.15. The maximum atomic E-state index is 11.5. The van der Waals surface area contributed by atoms with Gasteiger partial charge in [-0.05, 0) is 24.3 Å². The van der Waals surface area contributed by atoms with Gasteiger partial charge in [0.05, 0.1) is 12.0 Å². The highest BCUT2D eigenvalue weighted by atomic mass is 16.6. The highest BCUT2D eigenvalue weighted by Crippen LogP contribution is 2.29. The van der Waals surface area contributed by atoms with Crippen LogP contribution >= 0.6 is 0 Å². The molecule has 3 rings (SSSR count). The molecule has 1 aromatic heterocycles. The van der Waals surface area contributed by atoms with Crippen molar-refractivity contribution in [3.05, 3.63) is 64.3 Å². The van der Waals surface area contributed by atoms with E-state index in [0.29, 0.717) is 22.7 Å². The highest BCUT2D eigenvalue weighted by Gasteiger charge is 2.19. The van der Waals surface area contributed by atoms with Gasteiger partial charge in [0.2, 0.25) is 0 Å². The summed E-state index contributed by atoms with van der Waals surface area (Å²) in [6.45, 7) is 0. The Bertz CT molecular complexity index is 947. The van der Waals surface area contributed by atoms with E-state index in [1.807, 2.05) is 0 Å². The minimum Gasteiger partial charge on any atom is -0.497 e. The van der Waals surface area contributed by atoms with Crippen LogP contribution < -0.4 is 4.74 Å². The van der Waals surface area contributed by atoms with Gasteiger partial charge in [0.15, 0.2) is 5.69 Å². The van der Waals surface area contributed by atoms with E-state index >= 15 is 0 Å². The SMILES string of the molecule is COc1cccc(-c2nc(-c3ccc([N+](=O)[O-])cc3)[nH]c2C(=O)O)c1. The maximum absolute atomic E-state index is 11.5. The molecule has 2 aromatic carbocycles. The number of methoxy groups -OCH3 is 1. The number of nitro groups is 1. The normalized spacial score (nSPS) is 10.4. The van der Waals surface area contributed by atoms with Gasteiger partial charge in [-0.25, -0.2) is 9.78 Å². The number of aromatic amines is 1. The van der Waals surface area contributed by atoms with Gasteiger partial charge in [-0.3, -0.25) is 10.1 Å². The van der Waals surface area contributed by atoms with Crippen LogP contribution in [-0.2, 0) is 0 Å². The number of non-ortho nitro benzene ring substituents is 1. The van der Waals surface area contributed by atoms with Gasteiger partial charge in [0, 0.05) is 23.3 Å². The fourth-order valence-electron chi connectivity index (χ4n) is 2.39. The summed E-state index contributed by atoms with van der Waals surface area (Å²) in [4.78, 5) is 28.9. The molecule has 0 unspecified atom stereocenters. The number of H-pyrrole nitrogens is 1. The highest BCUT2D eigenvalue weighted by molar-refractivity contribution is 5.94. The van der Waals surface area contributed by atoms with Crippen molar-refractivity contribution < 1.29 is 19.6 Å². The van der Waals surface area contributed by atoms with Gasteiger partial charge < -0.3 is 14.8 Å². The molecule has 0 fully saturated rings. The van der Waals surface area contributed by atoms with Crippen molar-refractivity contribution in [1.29, 1.82) is 0 Å². The van der Waals surface area contributed by atoms with E-state index in [1.165, 1.54) is 31.4 Å². The fraction of sp³-hybridized carbons (Fsp3) is 0.0588. The monoisotopic (exact) mass is 339 g/mol. The van der Waals surface area contributed by atoms with Crippen LogP contribution in [0.3, 0.4) is 0 Å². The van der Waals surface area contributed by atoms with E-state index in [1.54, 1.807) is 24.3 Å². The second-order valence-corrected chi connectivity index (χ2v) is 5.15. The predicted molar refractivity (Wildman–Crippen MR) is 89.6 cm³/mol. The summed E-state index contributed by atoms with van der Waals surface area (Å²) in [6, 6.07) is 12.6. The lowest BCUT2D eigenvalue weighted by Crippen LogP contribution is -1.99. The first-order chi connectivity index (χ1) is 12.0. The molecule has 0 spiro atoms. The van der Waals surface area contributed by atoms with Gasteiger partial charge >= 0.3 is 5.97 Å². The fourth-order valence-corrected chi connectivity index (χ4v) is 2.39. The third-order valence-electron chi connectivity index (χ3n) is 3.61. The van der Waals surface area contributed by atoms with Crippen LogP contribution in [0.15, 0.2) is 48.5 Å². The van der Waals surface area contributed by atoms with Crippen LogP contribution in [0.5, 0.6) is 5.75 Å². The van der Waals surface area contributed by atoms with E-state index < -0.39 is 10.9 Å². The lowest BCUT2D eigenvalue weighted by molar-refractivity contribution is -0.384. The van der Waals surface area contributed by atoms with Crippen LogP contribution in [0.4, 0.5) is 5.69 Å². The van der Waals surface area contributed by atoms with E-state index in [-0.39, 0.29) is 17.1 Å². The molecule has 0 saturated carbocycles. The van der Waals surface area contributed by atoms with Crippen molar-refractivity contribution >= 4 is 11.7 Å². The second kappa shape index (κ2) is 6.44. The van der Waals surface area contributed by atoms with Crippen molar-refractivity contribution in [3.63, 3.8) is 0 Å². The van der Waals surface area contributed by atoms with Gasteiger partial charge in [-0.1, -0.05) is 12.1 Å². The van der Waals surface area contributed by atoms with Gasteiger partial charge in [-0.2, -0.15) is 0 Å². The number of hydrogen-bond acceptors (Lipinski definition) is 5. The zero-order chi connectivity index (χ0) is 18.0. The number of carboxylic acids is 1. The number of imidazole rings is 1. The molecule has 0 radical (unpaired) electrons. The summed E-state index contributed by atoms with van der Waals surface area (Å²) < 4.78 is 5.15. The Hall–Kier alpha value is -3.68. The average Bonchev–Trinajstić information content (AvgIpc) is 3.07.